The fourth-order valence-electron chi connectivity index (χ4n) is 2.71. The van der Waals surface area contributed by atoms with Gasteiger partial charge in [-0.2, -0.15) is 0 Å². The van der Waals surface area contributed by atoms with Crippen LogP contribution >= 0.6 is 0 Å². The van der Waals surface area contributed by atoms with Crippen LogP contribution in [0.25, 0.3) is 0 Å². The molecule has 3 amide bonds. The number of ketones is 1. The normalized spacial score (nSPS) is 11.8. The first kappa shape index (κ1) is 21.2. The van der Waals surface area contributed by atoms with Gasteiger partial charge >= 0.3 is 12.1 Å². The third-order valence-electron chi connectivity index (χ3n) is 4.35. The fraction of sp³-hybridized carbons (Fsp3) is 0.381. The smallest absolute Gasteiger partial charge is 0.415 e. The first-order chi connectivity index (χ1) is 13.4. The lowest BCUT2D eigenvalue weighted by Gasteiger charge is -2.23. The Morgan fingerprint density at radius 2 is 1.79 bits per heavy atom. The lowest BCUT2D eigenvalue weighted by Crippen LogP contribution is -2.50. The third kappa shape index (κ3) is 6.26. The molecule has 7 nitrogen and oxygen atoms in total. The zero-order valence-corrected chi connectivity index (χ0v) is 16.1. The Labute approximate surface area is 164 Å². The summed E-state index contributed by atoms with van der Waals surface area (Å²) in [5, 5.41) is 11.9. The molecule has 0 saturated heterocycles. The Morgan fingerprint density at radius 3 is 2.36 bits per heavy atom. The van der Waals surface area contributed by atoms with Crippen LogP contribution in [0.4, 0.5) is 9.59 Å². The molecule has 0 spiro atoms. The number of benzene rings is 1. The Kier molecular flexibility index (Phi) is 7.80. The standard InChI is InChI=1S/C21H26N2O5/c1-15(2)12-13-23(21(26)27)20(25)22-17(19(24)18-9-6-14-28-18)11-10-16-7-4-3-5-8-16/h3-9,14-15,17H,10-13H2,1-2H3,(H,22,25)(H,26,27)/t17-/m0/s1. The van der Waals surface area contributed by atoms with Crippen molar-refractivity contribution in [3.8, 4) is 0 Å². The minimum atomic E-state index is -1.34. The van der Waals surface area contributed by atoms with Crippen molar-refractivity contribution in [1.82, 2.24) is 10.2 Å². The fourth-order valence-corrected chi connectivity index (χ4v) is 2.71. The zero-order valence-electron chi connectivity index (χ0n) is 16.1. The van der Waals surface area contributed by atoms with Gasteiger partial charge in [0, 0.05) is 6.54 Å². The molecule has 1 aromatic carbocycles. The number of hydrogen-bond donors (Lipinski definition) is 2. The highest BCUT2D eigenvalue weighted by Gasteiger charge is 2.28. The van der Waals surface area contributed by atoms with Crippen LogP contribution in [0.1, 0.15) is 42.8 Å². The number of rotatable bonds is 9. The summed E-state index contributed by atoms with van der Waals surface area (Å²) in [4.78, 5) is 37.5. The molecule has 0 aliphatic carbocycles. The topological polar surface area (TPSA) is 99.9 Å². The average molecular weight is 386 g/mol. The summed E-state index contributed by atoms with van der Waals surface area (Å²) in [5.74, 6) is -0.0147. The third-order valence-corrected chi connectivity index (χ3v) is 4.35. The highest BCUT2D eigenvalue weighted by molar-refractivity contribution is 6.01. The molecule has 0 bridgehead atoms. The van der Waals surface area contributed by atoms with E-state index in [0.29, 0.717) is 24.2 Å². The van der Waals surface area contributed by atoms with Gasteiger partial charge in [-0.15, -0.1) is 0 Å². The Balaban J connectivity index is 2.11. The van der Waals surface area contributed by atoms with Gasteiger partial charge in [0.1, 0.15) is 0 Å². The zero-order chi connectivity index (χ0) is 20.5. The van der Waals surface area contributed by atoms with Gasteiger partial charge < -0.3 is 14.8 Å². The summed E-state index contributed by atoms with van der Waals surface area (Å²) in [6, 6.07) is 11.0. The minimum Gasteiger partial charge on any atom is -0.465 e. The van der Waals surface area contributed by atoms with Crippen molar-refractivity contribution in [2.45, 2.75) is 39.2 Å². The molecule has 1 heterocycles. The van der Waals surface area contributed by atoms with Crippen molar-refractivity contribution < 1.29 is 23.9 Å². The van der Waals surface area contributed by atoms with Gasteiger partial charge in [0.2, 0.25) is 5.78 Å². The van der Waals surface area contributed by atoms with Crippen molar-refractivity contribution in [1.29, 1.82) is 0 Å². The maximum absolute atomic E-state index is 12.7. The average Bonchev–Trinajstić information content (AvgIpc) is 3.19. The number of carbonyl (C=O) groups excluding carboxylic acids is 2. The first-order valence-corrected chi connectivity index (χ1v) is 9.31. The predicted molar refractivity (Wildman–Crippen MR) is 104 cm³/mol. The van der Waals surface area contributed by atoms with E-state index >= 15 is 0 Å². The summed E-state index contributed by atoms with van der Waals surface area (Å²) in [7, 11) is 0. The number of aryl methyl sites for hydroxylation is 1. The van der Waals surface area contributed by atoms with E-state index in [1.165, 1.54) is 12.3 Å². The van der Waals surface area contributed by atoms with E-state index in [1.807, 2.05) is 44.2 Å². The lowest BCUT2D eigenvalue weighted by atomic mass is 10.0. The van der Waals surface area contributed by atoms with E-state index < -0.39 is 18.2 Å². The van der Waals surface area contributed by atoms with E-state index in [-0.39, 0.29) is 24.0 Å². The number of Topliss-reactive ketones (excluding diaryl/α,β-unsaturated/α-hetero) is 1. The highest BCUT2D eigenvalue weighted by Crippen LogP contribution is 2.12. The van der Waals surface area contributed by atoms with Crippen molar-refractivity contribution >= 4 is 17.9 Å². The number of hydrogen-bond acceptors (Lipinski definition) is 4. The summed E-state index contributed by atoms with van der Waals surface area (Å²) in [6.07, 6.45) is 1.46. The highest BCUT2D eigenvalue weighted by atomic mass is 16.4. The second-order valence-electron chi connectivity index (χ2n) is 6.98. The molecule has 0 saturated carbocycles. The SMILES string of the molecule is CC(C)CCN(C(=O)O)C(=O)N[C@@H](CCc1ccccc1)C(=O)c1ccco1. The largest absolute Gasteiger partial charge is 0.465 e. The first-order valence-electron chi connectivity index (χ1n) is 9.31. The second kappa shape index (κ2) is 10.3. The Bertz CT molecular complexity index is 771. The molecule has 150 valence electrons. The number of nitrogens with one attached hydrogen (secondary N) is 1. The van der Waals surface area contributed by atoms with E-state index in [0.717, 1.165) is 5.56 Å². The molecule has 0 aliphatic heterocycles. The van der Waals surface area contributed by atoms with Crippen LogP contribution in [0, 0.1) is 5.92 Å². The number of carbonyl (C=O) groups is 3. The van der Waals surface area contributed by atoms with Crippen LogP contribution in [0.15, 0.2) is 53.1 Å². The number of nitrogens with zero attached hydrogens (tertiary/aromatic N) is 1. The van der Waals surface area contributed by atoms with E-state index in [2.05, 4.69) is 5.32 Å². The molecule has 7 heteroatoms. The van der Waals surface area contributed by atoms with Gasteiger partial charge in [-0.3, -0.25) is 4.79 Å². The minimum absolute atomic E-state index is 0.0686. The molecule has 2 N–H and O–H groups in total. The molecule has 0 fully saturated rings. The van der Waals surface area contributed by atoms with Crippen molar-refractivity contribution in [2.24, 2.45) is 5.92 Å². The summed E-state index contributed by atoms with van der Waals surface area (Å²) in [5.41, 5.74) is 1.02. The maximum atomic E-state index is 12.7. The molecule has 0 unspecified atom stereocenters. The van der Waals surface area contributed by atoms with Crippen molar-refractivity contribution in [3.05, 3.63) is 60.1 Å². The number of carboxylic acid groups (broad SMARTS) is 1. The second-order valence-corrected chi connectivity index (χ2v) is 6.98. The van der Waals surface area contributed by atoms with E-state index in [4.69, 9.17) is 4.42 Å². The number of furan rings is 1. The molecule has 0 aliphatic rings. The van der Waals surface area contributed by atoms with E-state index in [1.54, 1.807) is 6.07 Å². The molecule has 28 heavy (non-hydrogen) atoms. The molecule has 2 aromatic rings. The van der Waals surface area contributed by atoms with Crippen molar-refractivity contribution in [3.63, 3.8) is 0 Å². The van der Waals surface area contributed by atoms with Crippen LogP contribution in [0.5, 0.6) is 0 Å². The maximum Gasteiger partial charge on any atom is 0.415 e. The molecule has 1 atom stereocenters. The molecule has 1 aromatic heterocycles. The Hall–Kier alpha value is -3.09. The summed E-state index contributed by atoms with van der Waals surface area (Å²) >= 11 is 0. The number of amides is 3. The molecule has 0 radical (unpaired) electrons. The molecule has 2 rings (SSSR count). The monoisotopic (exact) mass is 386 g/mol. The number of urea groups is 1. The van der Waals surface area contributed by atoms with Gasteiger partial charge in [-0.25, -0.2) is 14.5 Å². The predicted octanol–water partition coefficient (Wildman–Crippen LogP) is 4.20. The Morgan fingerprint density at radius 1 is 1.07 bits per heavy atom. The van der Waals surface area contributed by atoms with Gasteiger partial charge in [-0.05, 0) is 42.9 Å². The molecular formula is C21H26N2O5. The van der Waals surface area contributed by atoms with E-state index in [9.17, 15) is 19.5 Å². The summed E-state index contributed by atoms with van der Waals surface area (Å²) in [6.45, 7) is 3.96. The quantitative estimate of drug-likeness (QED) is 0.629. The van der Waals surface area contributed by atoms with Crippen molar-refractivity contribution in [2.75, 3.05) is 6.54 Å². The summed E-state index contributed by atoms with van der Waals surface area (Å²) < 4.78 is 5.17. The van der Waals surface area contributed by atoms with Crippen LogP contribution < -0.4 is 5.32 Å². The lowest BCUT2D eigenvalue weighted by molar-refractivity contribution is 0.0903. The van der Waals surface area contributed by atoms with Crippen LogP contribution in [0.2, 0.25) is 0 Å². The van der Waals surface area contributed by atoms with Gasteiger partial charge in [0.25, 0.3) is 0 Å². The van der Waals surface area contributed by atoms with Gasteiger partial charge in [0.15, 0.2) is 5.76 Å². The van der Waals surface area contributed by atoms with Gasteiger partial charge in [-0.1, -0.05) is 44.2 Å². The van der Waals surface area contributed by atoms with Crippen LogP contribution in [0.3, 0.4) is 0 Å². The van der Waals surface area contributed by atoms with Crippen LogP contribution in [-0.2, 0) is 6.42 Å². The van der Waals surface area contributed by atoms with Gasteiger partial charge in [0.05, 0.1) is 12.3 Å². The number of imide groups is 1. The molecular weight excluding hydrogens is 360 g/mol. The van der Waals surface area contributed by atoms with Crippen LogP contribution in [-0.4, -0.2) is 40.5 Å².